The summed E-state index contributed by atoms with van der Waals surface area (Å²) in [6, 6.07) is 10.7. The van der Waals surface area contributed by atoms with E-state index in [9.17, 15) is 0 Å². The molecule has 2 rings (SSSR count). The molecule has 1 aromatic rings. The molecule has 0 aromatic heterocycles. The van der Waals surface area contributed by atoms with E-state index in [-0.39, 0.29) is 24.8 Å². The summed E-state index contributed by atoms with van der Waals surface area (Å²) in [7, 11) is 0. The van der Waals surface area contributed by atoms with Gasteiger partial charge in [0.2, 0.25) is 0 Å². The molecule has 0 aliphatic heterocycles. The maximum absolute atomic E-state index is 2.38. The Hall–Kier alpha value is 0.163. The summed E-state index contributed by atoms with van der Waals surface area (Å²) in [4.78, 5) is 0. The van der Waals surface area contributed by atoms with Crippen molar-refractivity contribution in [2.24, 2.45) is 5.92 Å². The average molecular weight is 333 g/mol. The summed E-state index contributed by atoms with van der Waals surface area (Å²) >= 11 is 1.55. The molecular formula is C13H15Cl2Zr. The zero-order chi connectivity index (χ0) is 10.1. The van der Waals surface area contributed by atoms with Crippen molar-refractivity contribution in [1.29, 1.82) is 0 Å². The molecule has 0 spiro atoms. The first-order valence-corrected chi connectivity index (χ1v) is 6.13. The maximum atomic E-state index is 2.38. The minimum atomic E-state index is 0. The van der Waals surface area contributed by atoms with Gasteiger partial charge in [0.25, 0.3) is 0 Å². The van der Waals surface area contributed by atoms with Crippen molar-refractivity contribution in [3.05, 3.63) is 50.8 Å². The Kier molecular flexibility index (Phi) is 6.86. The fourth-order valence-electron chi connectivity index (χ4n) is 1.88. The smallest absolute Gasteiger partial charge is 0.147 e. The second-order valence-electron chi connectivity index (χ2n) is 3.77. The van der Waals surface area contributed by atoms with Gasteiger partial charge in [-0.2, -0.15) is 0 Å². The van der Waals surface area contributed by atoms with Crippen LogP contribution in [0.15, 0.2) is 45.3 Å². The van der Waals surface area contributed by atoms with E-state index >= 15 is 0 Å². The van der Waals surface area contributed by atoms with Gasteiger partial charge in [0.15, 0.2) is 0 Å². The third kappa shape index (κ3) is 3.09. The molecular weight excluding hydrogens is 318 g/mol. The number of allylic oxidation sites excluding steroid dienone is 4. The Morgan fingerprint density at radius 1 is 1.06 bits per heavy atom. The minimum Gasteiger partial charge on any atom is -0.147 e. The van der Waals surface area contributed by atoms with Crippen molar-refractivity contribution < 1.29 is 24.7 Å². The molecule has 16 heavy (non-hydrogen) atoms. The fraction of sp³-hybridized carbons (Fsp3) is 0.231. The second kappa shape index (κ2) is 6.79. The Morgan fingerprint density at radius 2 is 1.62 bits per heavy atom. The summed E-state index contributed by atoms with van der Waals surface area (Å²) < 4.78 is 1.59. The number of halogens is 2. The minimum absolute atomic E-state index is 0. The van der Waals surface area contributed by atoms with Gasteiger partial charge in [0.05, 0.1) is 0 Å². The van der Waals surface area contributed by atoms with E-state index in [2.05, 4.69) is 50.3 Å². The molecule has 1 unspecified atom stereocenters. The fourth-order valence-corrected chi connectivity index (χ4v) is 2.41. The van der Waals surface area contributed by atoms with Crippen LogP contribution in [0, 0.1) is 5.92 Å². The van der Waals surface area contributed by atoms with Gasteiger partial charge >= 0.3 is 101 Å². The Balaban J connectivity index is 0.00000112. The Bertz CT molecular complexity index is 407. The number of hydrogen-bond acceptors (Lipinski definition) is 0. The van der Waals surface area contributed by atoms with Crippen LogP contribution in [0.25, 0.3) is 5.57 Å². The summed E-state index contributed by atoms with van der Waals surface area (Å²) in [6.07, 6.45) is 2.38. The van der Waals surface area contributed by atoms with Crippen LogP contribution in [-0.2, 0) is 24.7 Å². The Labute approximate surface area is 125 Å². The molecule has 1 aromatic carbocycles. The van der Waals surface area contributed by atoms with E-state index in [1.54, 1.807) is 28.0 Å². The van der Waals surface area contributed by atoms with Gasteiger partial charge in [-0.3, -0.25) is 0 Å². The summed E-state index contributed by atoms with van der Waals surface area (Å²) in [5.74, 6) is 0.642. The summed E-state index contributed by atoms with van der Waals surface area (Å²) in [5.41, 5.74) is 4.28. The normalized spacial score (nSPS) is 18.6. The van der Waals surface area contributed by atoms with Gasteiger partial charge in [-0.15, -0.1) is 24.8 Å². The molecule has 1 aliphatic rings. The number of rotatable bonds is 1. The van der Waals surface area contributed by atoms with Gasteiger partial charge in [0.1, 0.15) is 0 Å². The van der Waals surface area contributed by atoms with Crippen LogP contribution in [0.1, 0.15) is 19.4 Å². The molecule has 0 amide bonds. The van der Waals surface area contributed by atoms with Crippen molar-refractivity contribution in [3.63, 3.8) is 0 Å². The quantitative estimate of drug-likeness (QED) is 0.715. The first-order chi connectivity index (χ1) is 6.70. The molecule has 0 nitrogen and oxygen atoms in total. The molecule has 0 fully saturated rings. The largest absolute Gasteiger partial charge is 0.147 e. The van der Waals surface area contributed by atoms with Gasteiger partial charge in [0, 0.05) is 0 Å². The van der Waals surface area contributed by atoms with E-state index < -0.39 is 0 Å². The first-order valence-electron chi connectivity index (χ1n) is 4.90. The predicted molar refractivity (Wildman–Crippen MR) is 70.8 cm³/mol. The molecule has 0 heterocycles. The van der Waals surface area contributed by atoms with E-state index in [0.29, 0.717) is 5.92 Å². The Morgan fingerprint density at radius 3 is 2.06 bits per heavy atom. The number of hydrogen-bond donors (Lipinski definition) is 0. The first kappa shape index (κ1) is 16.2. The average Bonchev–Trinajstić information content (AvgIpc) is 2.47. The molecule has 3 heteroatoms. The second-order valence-corrected chi connectivity index (χ2v) is 5.10. The van der Waals surface area contributed by atoms with Crippen LogP contribution in [0.5, 0.6) is 0 Å². The van der Waals surface area contributed by atoms with Crippen LogP contribution in [0.3, 0.4) is 0 Å². The van der Waals surface area contributed by atoms with Gasteiger partial charge in [-0.05, 0) is 0 Å². The summed E-state index contributed by atoms with van der Waals surface area (Å²) in [5, 5.41) is 0. The topological polar surface area (TPSA) is 0 Å². The van der Waals surface area contributed by atoms with E-state index in [1.165, 1.54) is 16.7 Å². The molecule has 0 radical (unpaired) electrons. The van der Waals surface area contributed by atoms with Gasteiger partial charge < -0.3 is 0 Å². The molecule has 1 aliphatic carbocycles. The van der Waals surface area contributed by atoms with Crippen molar-refractivity contribution in [2.45, 2.75) is 13.8 Å². The van der Waals surface area contributed by atoms with Crippen molar-refractivity contribution in [3.8, 4) is 0 Å². The van der Waals surface area contributed by atoms with Crippen molar-refractivity contribution >= 4 is 30.4 Å². The predicted octanol–water partition coefficient (Wildman–Crippen LogP) is 4.38. The van der Waals surface area contributed by atoms with Crippen LogP contribution in [0.2, 0.25) is 0 Å². The van der Waals surface area contributed by atoms with Gasteiger partial charge in [-0.1, -0.05) is 0 Å². The van der Waals surface area contributed by atoms with E-state index in [4.69, 9.17) is 0 Å². The van der Waals surface area contributed by atoms with Gasteiger partial charge in [-0.25, -0.2) is 0 Å². The molecule has 1 atom stereocenters. The standard InChI is InChI=1S/C13H13.2ClH.Zr/c1-10-8-11(2)13(9-10)12-6-4-3-5-7-12;;;/h3-7,9-10H,1-2H3;2*1H;. The molecule has 0 N–H and O–H groups in total. The monoisotopic (exact) mass is 331 g/mol. The van der Waals surface area contributed by atoms with Crippen LogP contribution < -0.4 is 0 Å². The van der Waals surface area contributed by atoms with E-state index in [1.807, 2.05) is 0 Å². The molecule has 0 saturated heterocycles. The number of benzene rings is 1. The molecule has 0 bridgehead atoms. The van der Waals surface area contributed by atoms with Crippen LogP contribution in [-0.4, -0.2) is 0 Å². The van der Waals surface area contributed by atoms with Crippen LogP contribution >= 0.6 is 24.8 Å². The third-order valence-corrected chi connectivity index (χ3v) is 4.81. The van der Waals surface area contributed by atoms with Crippen LogP contribution in [0.4, 0.5) is 0 Å². The molecule has 85 valence electrons. The summed E-state index contributed by atoms with van der Waals surface area (Å²) in [6.45, 7) is 4.52. The van der Waals surface area contributed by atoms with E-state index in [0.717, 1.165) is 0 Å². The molecule has 0 saturated carbocycles. The van der Waals surface area contributed by atoms with Crippen molar-refractivity contribution in [1.82, 2.24) is 0 Å². The SMILES string of the molecule is CC1=[C]([Zr])C(C)C=C1c1ccccc1.Cl.Cl. The maximum Gasteiger partial charge on any atom is -0.147 e. The third-order valence-electron chi connectivity index (χ3n) is 2.76. The van der Waals surface area contributed by atoms with Crippen molar-refractivity contribution in [2.75, 3.05) is 0 Å². The zero-order valence-corrected chi connectivity index (χ0v) is 13.4. The zero-order valence-electron chi connectivity index (χ0n) is 9.36.